The standard InChI is InChI=1S/C19H16F2N2O2S/c1-12-2-6-14(7-3-12)22-17(24)10-18-23-16(11-26-18)13-4-8-15(9-5-13)25-19(20)21/h2-9,11,19H,10H2,1H3,(H,22,24). The van der Waals surface area contributed by atoms with E-state index in [1.165, 1.54) is 23.5 Å². The number of thiazole rings is 1. The molecule has 7 heteroatoms. The summed E-state index contributed by atoms with van der Waals surface area (Å²) in [5, 5.41) is 5.34. The summed E-state index contributed by atoms with van der Waals surface area (Å²) in [6.07, 6.45) is 0.172. The van der Waals surface area contributed by atoms with E-state index in [-0.39, 0.29) is 18.1 Å². The van der Waals surface area contributed by atoms with E-state index in [4.69, 9.17) is 0 Å². The van der Waals surface area contributed by atoms with Crippen molar-refractivity contribution in [2.24, 2.45) is 0 Å². The highest BCUT2D eigenvalue weighted by Gasteiger charge is 2.10. The number of rotatable bonds is 6. The normalized spacial score (nSPS) is 10.8. The molecular formula is C19H16F2N2O2S. The van der Waals surface area contributed by atoms with E-state index in [1.54, 1.807) is 12.1 Å². The number of alkyl halides is 2. The Morgan fingerprint density at radius 2 is 1.85 bits per heavy atom. The number of carbonyl (C=O) groups excluding carboxylic acids is 1. The van der Waals surface area contributed by atoms with Crippen molar-refractivity contribution in [1.82, 2.24) is 4.98 Å². The van der Waals surface area contributed by atoms with Crippen molar-refractivity contribution in [3.8, 4) is 17.0 Å². The van der Waals surface area contributed by atoms with E-state index >= 15 is 0 Å². The molecule has 0 saturated heterocycles. The maximum Gasteiger partial charge on any atom is 0.387 e. The molecule has 0 radical (unpaired) electrons. The topological polar surface area (TPSA) is 51.2 Å². The van der Waals surface area contributed by atoms with Gasteiger partial charge in [0.05, 0.1) is 12.1 Å². The number of hydrogen-bond donors (Lipinski definition) is 1. The van der Waals surface area contributed by atoms with Gasteiger partial charge < -0.3 is 10.1 Å². The molecule has 0 aliphatic rings. The van der Waals surface area contributed by atoms with Crippen LogP contribution in [0.4, 0.5) is 14.5 Å². The lowest BCUT2D eigenvalue weighted by molar-refractivity contribution is -0.115. The second-order valence-corrected chi connectivity index (χ2v) is 6.56. The number of ether oxygens (including phenoxy) is 1. The average Bonchev–Trinajstić information content (AvgIpc) is 3.05. The Balaban J connectivity index is 1.62. The van der Waals surface area contributed by atoms with E-state index in [0.29, 0.717) is 10.7 Å². The molecule has 26 heavy (non-hydrogen) atoms. The van der Waals surface area contributed by atoms with Gasteiger partial charge in [0.25, 0.3) is 0 Å². The summed E-state index contributed by atoms with van der Waals surface area (Å²) in [7, 11) is 0. The first-order valence-electron chi connectivity index (χ1n) is 7.86. The summed E-state index contributed by atoms with van der Waals surface area (Å²) < 4.78 is 28.7. The number of nitrogens with zero attached hydrogens (tertiary/aromatic N) is 1. The number of aryl methyl sites for hydroxylation is 1. The molecule has 0 saturated carbocycles. The van der Waals surface area contributed by atoms with Crippen LogP contribution in [-0.2, 0) is 11.2 Å². The predicted molar refractivity (Wildman–Crippen MR) is 97.7 cm³/mol. The summed E-state index contributed by atoms with van der Waals surface area (Å²) >= 11 is 1.38. The van der Waals surface area contributed by atoms with E-state index in [1.807, 2.05) is 36.6 Å². The van der Waals surface area contributed by atoms with E-state index < -0.39 is 6.61 Å². The average molecular weight is 374 g/mol. The van der Waals surface area contributed by atoms with Crippen LogP contribution in [0.5, 0.6) is 5.75 Å². The van der Waals surface area contributed by atoms with Crippen LogP contribution in [0.2, 0.25) is 0 Å². The van der Waals surface area contributed by atoms with Crippen molar-refractivity contribution in [1.29, 1.82) is 0 Å². The minimum atomic E-state index is -2.85. The summed E-state index contributed by atoms with van der Waals surface area (Å²) in [6.45, 7) is -0.867. The predicted octanol–water partition coefficient (Wildman–Crippen LogP) is 4.90. The third kappa shape index (κ3) is 4.86. The van der Waals surface area contributed by atoms with Crippen molar-refractivity contribution >= 4 is 22.9 Å². The molecule has 0 fully saturated rings. The van der Waals surface area contributed by atoms with Gasteiger partial charge in [-0.15, -0.1) is 11.3 Å². The van der Waals surface area contributed by atoms with Gasteiger partial charge in [-0.05, 0) is 43.3 Å². The second-order valence-electron chi connectivity index (χ2n) is 5.62. The van der Waals surface area contributed by atoms with Gasteiger partial charge >= 0.3 is 6.61 Å². The molecule has 4 nitrogen and oxygen atoms in total. The first-order chi connectivity index (χ1) is 12.5. The fourth-order valence-corrected chi connectivity index (χ4v) is 3.11. The molecule has 0 spiro atoms. The Kier molecular flexibility index (Phi) is 5.58. The summed E-state index contributed by atoms with van der Waals surface area (Å²) in [4.78, 5) is 16.6. The molecule has 1 amide bonds. The maximum absolute atomic E-state index is 12.2. The number of hydrogen-bond acceptors (Lipinski definition) is 4. The van der Waals surface area contributed by atoms with Gasteiger partial charge in [-0.25, -0.2) is 4.98 Å². The SMILES string of the molecule is Cc1ccc(NC(=O)Cc2nc(-c3ccc(OC(F)F)cc3)cs2)cc1. The highest BCUT2D eigenvalue weighted by molar-refractivity contribution is 7.10. The largest absolute Gasteiger partial charge is 0.435 e. The van der Waals surface area contributed by atoms with Crippen LogP contribution in [0.1, 0.15) is 10.6 Å². The van der Waals surface area contributed by atoms with E-state index in [0.717, 1.165) is 16.8 Å². The van der Waals surface area contributed by atoms with Gasteiger partial charge in [-0.1, -0.05) is 17.7 Å². The Morgan fingerprint density at radius 1 is 1.15 bits per heavy atom. The molecule has 3 rings (SSSR count). The van der Waals surface area contributed by atoms with Crippen LogP contribution < -0.4 is 10.1 Å². The van der Waals surface area contributed by atoms with Gasteiger partial charge in [0.2, 0.25) is 5.91 Å². The molecule has 1 heterocycles. The Hall–Kier alpha value is -2.80. The first kappa shape index (κ1) is 18.0. The van der Waals surface area contributed by atoms with Crippen molar-refractivity contribution in [3.63, 3.8) is 0 Å². The van der Waals surface area contributed by atoms with Crippen LogP contribution in [-0.4, -0.2) is 17.5 Å². The van der Waals surface area contributed by atoms with Crippen LogP contribution in [0.25, 0.3) is 11.3 Å². The third-order valence-electron chi connectivity index (χ3n) is 3.57. The highest BCUT2D eigenvalue weighted by atomic mass is 32.1. The molecule has 0 bridgehead atoms. The van der Waals surface area contributed by atoms with Gasteiger partial charge in [-0.3, -0.25) is 4.79 Å². The number of halogens is 2. The molecule has 134 valence electrons. The second kappa shape index (κ2) is 8.05. The first-order valence-corrected chi connectivity index (χ1v) is 8.74. The van der Waals surface area contributed by atoms with Crippen molar-refractivity contribution in [3.05, 3.63) is 64.5 Å². The Labute approximate surface area is 153 Å². The Morgan fingerprint density at radius 3 is 2.50 bits per heavy atom. The van der Waals surface area contributed by atoms with Crippen LogP contribution in [0, 0.1) is 6.92 Å². The molecule has 2 aromatic carbocycles. The quantitative estimate of drug-likeness (QED) is 0.668. The molecule has 0 unspecified atom stereocenters. The fourth-order valence-electron chi connectivity index (χ4n) is 2.31. The number of anilines is 1. The van der Waals surface area contributed by atoms with Crippen molar-refractivity contribution in [2.45, 2.75) is 20.0 Å². The lowest BCUT2D eigenvalue weighted by Crippen LogP contribution is -2.14. The van der Waals surface area contributed by atoms with Crippen molar-refractivity contribution in [2.75, 3.05) is 5.32 Å². The molecule has 3 aromatic rings. The molecule has 0 atom stereocenters. The zero-order chi connectivity index (χ0) is 18.5. The number of aromatic nitrogens is 1. The number of amides is 1. The van der Waals surface area contributed by atoms with E-state index in [2.05, 4.69) is 15.0 Å². The third-order valence-corrected chi connectivity index (χ3v) is 4.42. The van der Waals surface area contributed by atoms with Gasteiger partial charge in [0, 0.05) is 16.6 Å². The molecule has 0 aliphatic carbocycles. The zero-order valence-electron chi connectivity index (χ0n) is 13.9. The fraction of sp³-hybridized carbons (Fsp3) is 0.158. The number of benzene rings is 2. The summed E-state index contributed by atoms with van der Waals surface area (Å²) in [5.41, 5.74) is 3.33. The highest BCUT2D eigenvalue weighted by Crippen LogP contribution is 2.25. The van der Waals surface area contributed by atoms with Crippen LogP contribution in [0.15, 0.2) is 53.9 Å². The number of carbonyl (C=O) groups is 1. The van der Waals surface area contributed by atoms with Crippen molar-refractivity contribution < 1.29 is 18.3 Å². The summed E-state index contributed by atoms with van der Waals surface area (Å²) in [5.74, 6) is -0.0490. The lowest BCUT2D eigenvalue weighted by Gasteiger charge is -2.05. The van der Waals surface area contributed by atoms with Gasteiger partial charge in [0.1, 0.15) is 10.8 Å². The summed E-state index contributed by atoms with van der Waals surface area (Å²) in [6, 6.07) is 13.8. The van der Waals surface area contributed by atoms with Crippen LogP contribution >= 0.6 is 11.3 Å². The van der Waals surface area contributed by atoms with E-state index in [9.17, 15) is 13.6 Å². The van der Waals surface area contributed by atoms with Gasteiger partial charge in [0.15, 0.2) is 0 Å². The van der Waals surface area contributed by atoms with Gasteiger partial charge in [-0.2, -0.15) is 8.78 Å². The zero-order valence-corrected chi connectivity index (χ0v) is 14.7. The molecular weight excluding hydrogens is 358 g/mol. The monoisotopic (exact) mass is 374 g/mol. The molecule has 1 N–H and O–H groups in total. The molecule has 0 aliphatic heterocycles. The maximum atomic E-state index is 12.2. The molecule has 1 aromatic heterocycles. The minimum absolute atomic E-state index is 0.0941. The van der Waals surface area contributed by atoms with Crippen LogP contribution in [0.3, 0.4) is 0 Å². The smallest absolute Gasteiger partial charge is 0.387 e. The lowest BCUT2D eigenvalue weighted by atomic mass is 10.2. The number of nitrogens with one attached hydrogen (secondary N) is 1. The minimum Gasteiger partial charge on any atom is -0.435 e. The Bertz CT molecular complexity index is 877.